The van der Waals surface area contributed by atoms with Gasteiger partial charge in [0.2, 0.25) is 5.91 Å². The van der Waals surface area contributed by atoms with E-state index in [1.807, 2.05) is 17.0 Å². The maximum Gasteiger partial charge on any atom is 0.266 e. The number of piperazine rings is 1. The maximum atomic E-state index is 14.8. The Labute approximate surface area is 200 Å². The summed E-state index contributed by atoms with van der Waals surface area (Å²) in [5.41, 5.74) is 1.05. The molecule has 0 aliphatic carbocycles. The van der Waals surface area contributed by atoms with E-state index in [0.29, 0.717) is 54.5 Å². The van der Waals surface area contributed by atoms with Crippen LogP contribution in [0.1, 0.15) is 43.3 Å². The zero-order chi connectivity index (χ0) is 24.9. The summed E-state index contributed by atoms with van der Waals surface area (Å²) in [5, 5.41) is 3.91. The van der Waals surface area contributed by atoms with Gasteiger partial charge in [0.1, 0.15) is 29.8 Å². The lowest BCUT2D eigenvalue weighted by molar-refractivity contribution is -0.129. The van der Waals surface area contributed by atoms with Crippen molar-refractivity contribution in [2.24, 2.45) is 0 Å². The number of nitrogens with zero attached hydrogens (tertiary/aromatic N) is 4. The average molecular weight is 486 g/mol. The largest absolute Gasteiger partial charge is 0.489 e. The molecule has 2 aliphatic rings. The van der Waals surface area contributed by atoms with Gasteiger partial charge in [-0.25, -0.2) is 23.1 Å². The molecule has 0 unspecified atom stereocenters. The smallest absolute Gasteiger partial charge is 0.266 e. The van der Waals surface area contributed by atoms with Crippen molar-refractivity contribution in [3.8, 4) is 5.75 Å². The van der Waals surface area contributed by atoms with Crippen LogP contribution in [0.5, 0.6) is 5.75 Å². The highest BCUT2D eigenvalue weighted by molar-refractivity contribution is 5.94. The monoisotopic (exact) mass is 485 g/mol. The van der Waals surface area contributed by atoms with Gasteiger partial charge < -0.3 is 19.9 Å². The minimum absolute atomic E-state index is 0.0329. The number of fused-ring (bicyclic) bond motifs is 4. The predicted octanol–water partition coefficient (Wildman–Crippen LogP) is 4.62. The summed E-state index contributed by atoms with van der Waals surface area (Å²) >= 11 is 0. The summed E-state index contributed by atoms with van der Waals surface area (Å²) in [6, 6.07) is 7.23. The van der Waals surface area contributed by atoms with E-state index in [-0.39, 0.29) is 17.5 Å². The van der Waals surface area contributed by atoms with Crippen LogP contribution in [0, 0.1) is 12.7 Å². The van der Waals surface area contributed by atoms with Gasteiger partial charge in [0, 0.05) is 43.6 Å². The van der Waals surface area contributed by atoms with Gasteiger partial charge in [0.05, 0.1) is 28.9 Å². The van der Waals surface area contributed by atoms with E-state index in [1.165, 1.54) is 12.1 Å². The Morgan fingerprint density at radius 2 is 1.97 bits per heavy atom. The molecule has 1 saturated heterocycles. The van der Waals surface area contributed by atoms with E-state index in [2.05, 4.69) is 20.2 Å². The predicted molar refractivity (Wildman–Crippen MR) is 127 cm³/mol. The molecule has 1 aromatic heterocycles. The van der Waals surface area contributed by atoms with Gasteiger partial charge in [-0.1, -0.05) is 18.2 Å². The highest BCUT2D eigenvalue weighted by atomic mass is 19.3. The van der Waals surface area contributed by atoms with Gasteiger partial charge in [-0.2, -0.15) is 0 Å². The molecule has 3 heterocycles. The maximum absolute atomic E-state index is 14.8. The van der Waals surface area contributed by atoms with Gasteiger partial charge in [-0.05, 0) is 19.9 Å². The van der Waals surface area contributed by atoms with Crippen LogP contribution < -0.4 is 15.0 Å². The third kappa shape index (κ3) is 4.21. The van der Waals surface area contributed by atoms with Crippen molar-refractivity contribution in [1.29, 1.82) is 0 Å². The first-order valence-electron chi connectivity index (χ1n) is 11.5. The van der Waals surface area contributed by atoms with Crippen LogP contribution in [-0.2, 0) is 4.79 Å². The number of carbonyl (C=O) groups excluding carboxylic acids is 1. The number of hydrogen-bond acceptors (Lipinski definition) is 6. The van der Waals surface area contributed by atoms with E-state index in [4.69, 9.17) is 4.74 Å². The molecule has 0 saturated carbocycles. The van der Waals surface area contributed by atoms with E-state index >= 15 is 0 Å². The molecule has 35 heavy (non-hydrogen) atoms. The molecule has 3 aromatic rings. The van der Waals surface area contributed by atoms with Crippen LogP contribution >= 0.6 is 0 Å². The van der Waals surface area contributed by atoms with Crippen LogP contribution in [0.3, 0.4) is 0 Å². The fourth-order valence-corrected chi connectivity index (χ4v) is 4.85. The lowest BCUT2D eigenvalue weighted by Crippen LogP contribution is -2.58. The fraction of sp³-hybridized carbons (Fsp3) is 0.400. The third-order valence-corrected chi connectivity index (χ3v) is 6.67. The molecule has 5 rings (SSSR count). The Bertz CT molecular complexity index is 1300. The zero-order valence-electron chi connectivity index (χ0n) is 19.7. The normalized spacial score (nSPS) is 18.2. The highest BCUT2D eigenvalue weighted by Gasteiger charge is 2.34. The van der Waals surface area contributed by atoms with Crippen LogP contribution in [-0.4, -0.2) is 53.1 Å². The van der Waals surface area contributed by atoms with Crippen molar-refractivity contribution >= 4 is 28.3 Å². The number of rotatable bonds is 4. The van der Waals surface area contributed by atoms with Gasteiger partial charge in [0.15, 0.2) is 0 Å². The standard InChI is InChI=1S/C25H26F3N5O2/c1-13(17-5-4-6-18(23(17)26)24(27)28)29-25-19-9-21-22(10-20(19)30-14(2)31-25)35-12-16-11-32(15(3)34)7-8-33(16)21/h4-6,9-10,13,16,24H,7-8,11-12H2,1-3H3,(H,29,30,31)/t13-,16-/m1/s1. The Hall–Kier alpha value is -3.56. The van der Waals surface area contributed by atoms with Crippen LogP contribution in [0.15, 0.2) is 30.3 Å². The number of nitrogens with one attached hydrogen (secondary N) is 1. The second kappa shape index (κ2) is 8.90. The molecule has 0 radical (unpaired) electrons. The number of carbonyl (C=O) groups is 1. The topological polar surface area (TPSA) is 70.6 Å². The summed E-state index contributed by atoms with van der Waals surface area (Å²) < 4.78 is 47.2. The zero-order valence-corrected chi connectivity index (χ0v) is 19.7. The van der Waals surface area contributed by atoms with E-state index < -0.39 is 23.8 Å². The number of hydrogen-bond donors (Lipinski definition) is 1. The number of anilines is 2. The number of aryl methyl sites for hydroxylation is 1. The first kappa shape index (κ1) is 23.2. The molecule has 10 heteroatoms. The molecule has 0 bridgehead atoms. The summed E-state index contributed by atoms with van der Waals surface area (Å²) in [4.78, 5) is 25.0. The Morgan fingerprint density at radius 3 is 2.71 bits per heavy atom. The molecule has 1 amide bonds. The molecule has 1 fully saturated rings. The summed E-state index contributed by atoms with van der Waals surface area (Å²) in [6.45, 7) is 7.37. The minimum Gasteiger partial charge on any atom is -0.489 e. The lowest BCUT2D eigenvalue weighted by Gasteiger charge is -2.45. The van der Waals surface area contributed by atoms with E-state index in [0.717, 1.165) is 11.8 Å². The van der Waals surface area contributed by atoms with E-state index in [9.17, 15) is 18.0 Å². The molecule has 2 aliphatic heterocycles. The second-order valence-electron chi connectivity index (χ2n) is 9.00. The Morgan fingerprint density at radius 1 is 1.20 bits per heavy atom. The summed E-state index contributed by atoms with van der Waals surface area (Å²) in [7, 11) is 0. The van der Waals surface area contributed by atoms with Crippen LogP contribution in [0.2, 0.25) is 0 Å². The van der Waals surface area contributed by atoms with Gasteiger partial charge in [0.25, 0.3) is 6.43 Å². The van der Waals surface area contributed by atoms with Gasteiger partial charge >= 0.3 is 0 Å². The van der Waals surface area contributed by atoms with Crippen molar-refractivity contribution in [2.45, 2.75) is 39.3 Å². The number of halogens is 3. The summed E-state index contributed by atoms with van der Waals surface area (Å²) in [5.74, 6) is 0.820. The van der Waals surface area contributed by atoms with Crippen molar-refractivity contribution < 1.29 is 22.7 Å². The molecule has 184 valence electrons. The summed E-state index contributed by atoms with van der Waals surface area (Å²) in [6.07, 6.45) is -2.90. The number of ether oxygens (including phenoxy) is 1. The minimum atomic E-state index is -2.90. The van der Waals surface area contributed by atoms with Crippen molar-refractivity contribution in [3.05, 3.63) is 53.1 Å². The van der Waals surface area contributed by atoms with Gasteiger partial charge in [-0.15, -0.1) is 0 Å². The molecule has 7 nitrogen and oxygen atoms in total. The first-order valence-corrected chi connectivity index (χ1v) is 11.5. The quantitative estimate of drug-likeness (QED) is 0.582. The van der Waals surface area contributed by atoms with E-state index in [1.54, 1.807) is 20.8 Å². The van der Waals surface area contributed by atoms with Crippen LogP contribution in [0.4, 0.5) is 24.7 Å². The number of benzene rings is 2. The Balaban J connectivity index is 1.51. The molecule has 2 aromatic carbocycles. The lowest BCUT2D eigenvalue weighted by atomic mass is 10.0. The SMILES string of the molecule is CC(=O)N1CCN2c3cc4c(N[C@H](C)c5cccc(C(F)F)c5F)nc(C)nc4cc3OC[C@H]2C1. The number of amides is 1. The van der Waals surface area contributed by atoms with Crippen molar-refractivity contribution in [1.82, 2.24) is 14.9 Å². The second-order valence-corrected chi connectivity index (χ2v) is 9.00. The number of alkyl halides is 2. The third-order valence-electron chi connectivity index (χ3n) is 6.67. The molecular formula is C25H26F3N5O2. The Kier molecular flexibility index (Phi) is 5.90. The van der Waals surface area contributed by atoms with Crippen molar-refractivity contribution in [3.63, 3.8) is 0 Å². The molecule has 0 spiro atoms. The number of aromatic nitrogens is 2. The highest BCUT2D eigenvalue weighted by Crippen LogP contribution is 2.40. The van der Waals surface area contributed by atoms with Crippen molar-refractivity contribution in [2.75, 3.05) is 36.5 Å². The first-order chi connectivity index (χ1) is 16.7. The van der Waals surface area contributed by atoms with Gasteiger partial charge in [-0.3, -0.25) is 4.79 Å². The van der Waals surface area contributed by atoms with Crippen LogP contribution in [0.25, 0.3) is 10.9 Å². The fourth-order valence-electron chi connectivity index (χ4n) is 4.85. The molecular weight excluding hydrogens is 459 g/mol. The molecule has 1 N–H and O–H groups in total. The average Bonchev–Trinajstić information content (AvgIpc) is 2.82. The molecule has 2 atom stereocenters.